The highest BCUT2D eigenvalue weighted by atomic mass is 19.1. The lowest BCUT2D eigenvalue weighted by Gasteiger charge is -2.41. The predicted molar refractivity (Wildman–Crippen MR) is 302 cm³/mol. The van der Waals surface area contributed by atoms with Crippen LogP contribution in [0.25, 0.3) is 11.1 Å². The van der Waals surface area contributed by atoms with E-state index in [0.29, 0.717) is 21.5 Å². The lowest BCUT2D eigenvalue weighted by molar-refractivity contribution is -0.141. The first kappa shape index (κ1) is 65.4. The van der Waals surface area contributed by atoms with Crippen molar-refractivity contribution >= 4 is 70.9 Å². The minimum absolute atomic E-state index is 0.106. The quantitative estimate of drug-likeness (QED) is 0.0230. The van der Waals surface area contributed by atoms with Gasteiger partial charge in [0.2, 0.25) is 53.2 Å². The lowest BCUT2D eigenvalue weighted by Crippen LogP contribution is -2.58. The zero-order valence-electron chi connectivity index (χ0n) is 48.8. The second-order valence-corrected chi connectivity index (χ2v) is 21.2. The van der Waals surface area contributed by atoms with E-state index in [2.05, 4.69) is 36.9 Å². The molecule has 28 heteroatoms. The van der Waals surface area contributed by atoms with Crippen LogP contribution in [0.4, 0.5) is 8.78 Å². The van der Waals surface area contributed by atoms with Gasteiger partial charge in [-0.05, 0) is 79.6 Å². The van der Waals surface area contributed by atoms with Crippen molar-refractivity contribution in [3.8, 4) is 11.1 Å². The summed E-state index contributed by atoms with van der Waals surface area (Å²) < 4.78 is 40.2. The molecule has 11 amide bonds. The van der Waals surface area contributed by atoms with E-state index < -0.39 is 183 Å². The minimum Gasteiger partial charge on any atom is -0.481 e. The number of imide groups is 1. The fourth-order valence-electron chi connectivity index (χ4n) is 9.14. The number of aromatic nitrogens is 2. The number of amides is 11. The third kappa shape index (κ3) is 20.0. The molecule has 2 aromatic heterocycles. The molecule has 2 aromatic carbocycles. The summed E-state index contributed by atoms with van der Waals surface area (Å²) in [6, 6.07) is 7.52. The van der Waals surface area contributed by atoms with Crippen molar-refractivity contribution in [1.82, 2.24) is 56.6 Å². The number of pyridine rings is 1. The second-order valence-electron chi connectivity index (χ2n) is 21.2. The van der Waals surface area contributed by atoms with E-state index in [1.165, 1.54) is 31.1 Å². The number of nitrogens with zero attached hydrogens (tertiary/aromatic N) is 4. The molecule has 0 fully saturated rings. The van der Waals surface area contributed by atoms with Gasteiger partial charge in [-0.25, -0.2) is 8.78 Å². The molecule has 0 saturated carbocycles. The van der Waals surface area contributed by atoms with Gasteiger partial charge in [-0.15, -0.1) is 0 Å². The van der Waals surface area contributed by atoms with Gasteiger partial charge >= 0.3 is 5.97 Å². The standard InChI is InChI=1S/C58H70F2N12O14/c1-33(65-46(75)25-35-17-20-62-21-18-35)53(82)66-34(2)54(83)69-43(28-45(61)74)57(86)68-42(56(85)64-23-22-63-55(84)41(13-16-51(80)81)67-47(76)31-72-48(77)14-15-49(72)78)19-24-71(50(79)32-73)52(58(3,4)5)44-26-37(39-27-38(59)11-12-40(39)60)30-70(44)29-36-9-7-6-8-10-36/h6-12,14-15,17-18,20-21,26-27,30,33-34,41-43,52,73H,13,16,19,22-25,28-29,31-32H2,1-5H3,(H2,61,74)(H,63,84)(H,64,85)(H,65,75)(H,66,82)(H,67,76)(H,68,86)(H,69,83)(H,80,81)/t33-,34-,41+,42-,43-,52-/m0/s1/i/hD. The van der Waals surface area contributed by atoms with Crippen molar-refractivity contribution in [2.45, 2.75) is 110 Å². The number of carboxylic acids is 1. The molecule has 1 aliphatic rings. The number of hydrogen-bond acceptors (Lipinski definition) is 14. The van der Waals surface area contributed by atoms with Gasteiger partial charge in [0.15, 0.2) is 1.41 Å². The fourth-order valence-corrected chi connectivity index (χ4v) is 9.14. The van der Waals surface area contributed by atoms with Crippen LogP contribution in [0.2, 0.25) is 1.41 Å². The Morgan fingerprint density at radius 3 is 1.93 bits per heavy atom. The van der Waals surface area contributed by atoms with Crippen molar-refractivity contribution in [1.29, 1.82) is 0 Å². The average Bonchev–Trinajstić information content (AvgIpc) is 2.08. The number of carbonyl (C=O) groups is 12. The number of benzene rings is 2. The number of rotatable bonds is 31. The molecule has 26 nitrogen and oxygen atoms in total. The topological polar surface area (TPSA) is 380 Å². The summed E-state index contributed by atoms with van der Waals surface area (Å²) in [6.07, 6.45) is 3.64. The molecule has 11 N–H and O–H groups in total. The highest BCUT2D eigenvalue weighted by Crippen LogP contribution is 2.41. The third-order valence-electron chi connectivity index (χ3n) is 13.4. The summed E-state index contributed by atoms with van der Waals surface area (Å²) in [5.41, 5.74) is 6.33. The van der Waals surface area contributed by atoms with E-state index in [1.54, 1.807) is 67.9 Å². The summed E-state index contributed by atoms with van der Waals surface area (Å²) in [5, 5.41) is 34.7. The Labute approximate surface area is 494 Å². The lowest BCUT2D eigenvalue weighted by atomic mass is 9.82. The third-order valence-corrected chi connectivity index (χ3v) is 13.4. The van der Waals surface area contributed by atoms with Crippen LogP contribution in [0.1, 0.15) is 83.2 Å². The zero-order chi connectivity index (χ0) is 64.3. The van der Waals surface area contributed by atoms with Crippen molar-refractivity contribution < 1.29 is 77.9 Å². The molecule has 86 heavy (non-hydrogen) atoms. The summed E-state index contributed by atoms with van der Waals surface area (Å²) in [7, 11) is 0. The van der Waals surface area contributed by atoms with E-state index in [4.69, 9.17) is 7.15 Å². The van der Waals surface area contributed by atoms with Crippen LogP contribution < -0.4 is 42.9 Å². The van der Waals surface area contributed by atoms with Crippen molar-refractivity contribution in [3.05, 3.63) is 126 Å². The Bertz CT molecular complexity index is 3220. The van der Waals surface area contributed by atoms with Crippen molar-refractivity contribution in [3.63, 3.8) is 0 Å². The number of aliphatic carboxylic acids is 1. The number of aliphatic hydroxyl groups is 1. The summed E-state index contributed by atoms with van der Waals surface area (Å²) in [4.78, 5) is 163. The molecule has 0 radical (unpaired) electrons. The summed E-state index contributed by atoms with van der Waals surface area (Å²) in [6.45, 7) is 4.68. The molecule has 6 atom stereocenters. The van der Waals surface area contributed by atoms with Crippen LogP contribution in [-0.4, -0.2) is 164 Å². The molecule has 5 rings (SSSR count). The Kier molecular flexibility index (Phi) is 23.8. The molecule has 1 aliphatic heterocycles. The first-order valence-corrected chi connectivity index (χ1v) is 27.2. The molecule has 0 unspecified atom stereocenters. The van der Waals surface area contributed by atoms with Crippen LogP contribution in [0.3, 0.4) is 0 Å². The Balaban J connectivity index is 1.43. The van der Waals surface area contributed by atoms with Gasteiger partial charge in [0.05, 0.1) is 18.9 Å². The number of nitrogens with two attached hydrogens (primary N) is 1. The second kappa shape index (κ2) is 31.2. The van der Waals surface area contributed by atoms with Gasteiger partial charge < -0.3 is 62.6 Å². The Hall–Kier alpha value is -9.73. The monoisotopic (exact) mass is 1200 g/mol. The number of aliphatic hydroxyl groups excluding tert-OH is 1. The molecule has 0 spiro atoms. The SMILES string of the molecule is [2H]N(C(=O)Cc1ccncc1)[C@@H](C)C(=O)N[C@@H](C)C(=O)N[C@@H](CC(N)=O)C(=O)N[C@@H](CCN(C(=O)CO)[C@@H](c1cc(-c2cc(F)ccc2F)cn1Cc1ccccc1)C(C)(C)C)C(=O)NCCNC(=O)[C@@H](CCC(=O)O)NC(=O)CN1C(=O)C=CC1=O. The van der Waals surface area contributed by atoms with Crippen molar-refractivity contribution in [2.75, 3.05) is 32.8 Å². The molecule has 0 aliphatic carbocycles. The van der Waals surface area contributed by atoms with Gasteiger partial charge in [-0.3, -0.25) is 67.4 Å². The van der Waals surface area contributed by atoms with E-state index in [9.17, 15) is 72.1 Å². The van der Waals surface area contributed by atoms with Gasteiger partial charge in [-0.1, -0.05) is 51.1 Å². The molecule has 0 bridgehead atoms. The van der Waals surface area contributed by atoms with Crippen LogP contribution in [-0.2, 0) is 70.5 Å². The Morgan fingerprint density at radius 2 is 1.34 bits per heavy atom. The smallest absolute Gasteiger partial charge is 0.303 e. The minimum atomic E-state index is -1.85. The Morgan fingerprint density at radius 1 is 0.733 bits per heavy atom. The number of carboxylic acid groups (broad SMARTS) is 1. The number of hydrogen-bond donors (Lipinski definition) is 10. The van der Waals surface area contributed by atoms with Gasteiger partial charge in [0.25, 0.3) is 11.8 Å². The van der Waals surface area contributed by atoms with Crippen LogP contribution in [0.5, 0.6) is 0 Å². The maximum absolute atomic E-state index is 15.5. The number of primary amides is 1. The van der Waals surface area contributed by atoms with Gasteiger partial charge in [0.1, 0.15) is 55.0 Å². The molecule has 0 saturated heterocycles. The normalized spacial score (nSPS) is 14.3. The maximum atomic E-state index is 15.5. The number of halogens is 2. The molecule has 460 valence electrons. The largest absolute Gasteiger partial charge is 0.481 e. The van der Waals surface area contributed by atoms with Gasteiger partial charge in [0, 0.05) is 80.2 Å². The van der Waals surface area contributed by atoms with E-state index in [1.807, 2.05) is 12.1 Å². The van der Waals surface area contributed by atoms with Crippen LogP contribution in [0.15, 0.2) is 97.5 Å². The highest BCUT2D eigenvalue weighted by molar-refractivity contribution is 6.14. The number of carbonyl (C=O) groups excluding carboxylic acids is 11. The molecular weight excluding hydrogens is 1130 g/mol. The predicted octanol–water partition coefficient (Wildman–Crippen LogP) is -0.221. The van der Waals surface area contributed by atoms with Crippen LogP contribution >= 0.6 is 0 Å². The molecular formula is C58H70F2N12O14. The molecule has 4 aromatic rings. The van der Waals surface area contributed by atoms with Gasteiger partial charge in [-0.2, -0.15) is 0 Å². The van der Waals surface area contributed by atoms with Crippen molar-refractivity contribution in [2.24, 2.45) is 11.1 Å². The van der Waals surface area contributed by atoms with E-state index in [-0.39, 0.29) is 24.1 Å². The van der Waals surface area contributed by atoms with E-state index in [0.717, 1.165) is 35.9 Å². The highest BCUT2D eigenvalue weighted by Gasteiger charge is 2.39. The average molecular weight is 1200 g/mol. The van der Waals surface area contributed by atoms with Crippen LogP contribution in [0, 0.1) is 17.0 Å². The van der Waals surface area contributed by atoms with E-state index >= 15 is 4.39 Å². The maximum Gasteiger partial charge on any atom is 0.303 e. The first-order chi connectivity index (χ1) is 41.1. The zero-order valence-corrected chi connectivity index (χ0v) is 47.8. The first-order valence-electron chi connectivity index (χ1n) is 27.6. The fraction of sp³-hybridized carbons (Fsp3) is 0.397. The number of nitrogens with one attached hydrogen (secondary N) is 7. The molecule has 3 heterocycles. The summed E-state index contributed by atoms with van der Waals surface area (Å²) in [5.74, 6) is -13.3. The summed E-state index contributed by atoms with van der Waals surface area (Å²) >= 11 is 0.